The molecule has 0 radical (unpaired) electrons. The van der Waals surface area contributed by atoms with E-state index in [2.05, 4.69) is 74.2 Å². The van der Waals surface area contributed by atoms with Crippen molar-refractivity contribution in [2.75, 3.05) is 4.90 Å². The fourth-order valence-electron chi connectivity index (χ4n) is 5.62. The number of rotatable bonds is 2. The molecule has 0 amide bonds. The summed E-state index contributed by atoms with van der Waals surface area (Å²) in [5.74, 6) is 1.20. The molecule has 2 unspecified atom stereocenters. The maximum absolute atomic E-state index is 5.36. The molecule has 5 rings (SSSR count). The molecule has 0 N–H and O–H groups in total. The molecular weight excluding hydrogens is 352 g/mol. The summed E-state index contributed by atoms with van der Waals surface area (Å²) in [4.78, 5) is 7.85. The second kappa shape index (κ2) is 7.48. The maximum Gasteiger partial charge on any atom is 0.123 e. The minimum Gasteiger partial charge on any atom is -0.318 e. The highest BCUT2D eigenvalue weighted by atomic mass is 15.3. The van der Waals surface area contributed by atoms with Crippen molar-refractivity contribution in [1.29, 1.82) is 0 Å². The summed E-state index contributed by atoms with van der Waals surface area (Å²) in [6.07, 6.45) is 7.96. The molecule has 1 fully saturated rings. The van der Waals surface area contributed by atoms with E-state index in [0.717, 1.165) is 6.42 Å². The van der Waals surface area contributed by atoms with Gasteiger partial charge in [-0.15, -0.1) is 0 Å². The van der Waals surface area contributed by atoms with Crippen LogP contribution in [0.3, 0.4) is 0 Å². The molecule has 2 aliphatic carbocycles. The molecule has 3 aliphatic rings. The van der Waals surface area contributed by atoms with E-state index >= 15 is 0 Å². The number of hydrogen-bond donors (Lipinski definition) is 0. The van der Waals surface area contributed by atoms with Crippen LogP contribution in [0.15, 0.2) is 59.1 Å². The Morgan fingerprint density at radius 3 is 2.38 bits per heavy atom. The van der Waals surface area contributed by atoms with E-state index in [1.165, 1.54) is 71.5 Å². The monoisotopic (exact) mass is 384 g/mol. The fraction of sp³-hybridized carbons (Fsp3) is 0.444. The van der Waals surface area contributed by atoms with E-state index in [-0.39, 0.29) is 6.17 Å². The first-order chi connectivity index (χ1) is 14.1. The largest absolute Gasteiger partial charge is 0.318 e. The van der Waals surface area contributed by atoms with Gasteiger partial charge in [-0.2, -0.15) is 0 Å². The lowest BCUT2D eigenvalue weighted by Crippen LogP contribution is -2.40. The Kier molecular flexibility index (Phi) is 4.81. The van der Waals surface area contributed by atoms with Crippen LogP contribution in [0.4, 0.5) is 5.69 Å². The third-order valence-corrected chi connectivity index (χ3v) is 7.10. The Hall–Kier alpha value is -2.35. The summed E-state index contributed by atoms with van der Waals surface area (Å²) in [5, 5.41) is 0. The molecule has 2 nitrogen and oxygen atoms in total. The van der Waals surface area contributed by atoms with Gasteiger partial charge in [0.25, 0.3) is 0 Å². The number of allylic oxidation sites excluding steroid dienone is 1. The van der Waals surface area contributed by atoms with Crippen LogP contribution in [0.1, 0.15) is 75.0 Å². The topological polar surface area (TPSA) is 15.6 Å². The lowest BCUT2D eigenvalue weighted by Gasteiger charge is -2.43. The van der Waals surface area contributed by atoms with Crippen molar-refractivity contribution >= 4 is 17.1 Å². The molecule has 1 heterocycles. The average Bonchev–Trinajstić information content (AvgIpc) is 2.75. The second-order valence-corrected chi connectivity index (χ2v) is 9.21. The van der Waals surface area contributed by atoms with Crippen molar-refractivity contribution in [2.24, 2.45) is 10.9 Å². The zero-order chi connectivity index (χ0) is 20.0. The number of aryl methyl sites for hydroxylation is 1. The average molecular weight is 385 g/mol. The normalized spacial score (nSPS) is 24.8. The van der Waals surface area contributed by atoms with Crippen molar-refractivity contribution in [1.82, 2.24) is 0 Å². The van der Waals surface area contributed by atoms with Gasteiger partial charge in [-0.25, -0.2) is 0 Å². The third kappa shape index (κ3) is 3.23. The van der Waals surface area contributed by atoms with Gasteiger partial charge in [-0.1, -0.05) is 68.1 Å². The number of anilines is 1. The van der Waals surface area contributed by atoms with Crippen LogP contribution in [-0.2, 0) is 0 Å². The van der Waals surface area contributed by atoms with E-state index in [9.17, 15) is 0 Å². The highest BCUT2D eigenvalue weighted by Crippen LogP contribution is 2.47. The van der Waals surface area contributed by atoms with Crippen molar-refractivity contribution in [2.45, 2.75) is 71.4 Å². The molecule has 29 heavy (non-hydrogen) atoms. The minimum absolute atomic E-state index is 0.134. The molecule has 0 aromatic heterocycles. The molecule has 2 aromatic carbocycles. The SMILES string of the molecule is Cc1ccc(N2C3=C(CC(C)c4ccccc43)C(C3CCCCC3)=NC2C)cc1. The van der Waals surface area contributed by atoms with Gasteiger partial charge >= 0.3 is 0 Å². The zero-order valence-corrected chi connectivity index (χ0v) is 18.0. The Bertz CT molecular complexity index is 960. The van der Waals surface area contributed by atoms with Crippen LogP contribution in [0.5, 0.6) is 0 Å². The number of hydrogen-bond acceptors (Lipinski definition) is 2. The van der Waals surface area contributed by atoms with Crippen LogP contribution >= 0.6 is 0 Å². The van der Waals surface area contributed by atoms with Crippen molar-refractivity contribution < 1.29 is 0 Å². The molecule has 2 heteroatoms. The fourth-order valence-corrected chi connectivity index (χ4v) is 5.62. The van der Waals surface area contributed by atoms with E-state index < -0.39 is 0 Å². The lowest BCUT2D eigenvalue weighted by atomic mass is 9.74. The van der Waals surface area contributed by atoms with Crippen molar-refractivity contribution in [3.8, 4) is 0 Å². The summed E-state index contributed by atoms with van der Waals surface area (Å²) >= 11 is 0. The first-order valence-corrected chi connectivity index (χ1v) is 11.4. The van der Waals surface area contributed by atoms with E-state index in [0.29, 0.717) is 11.8 Å². The quantitative estimate of drug-likeness (QED) is 0.539. The summed E-state index contributed by atoms with van der Waals surface area (Å²) in [5.41, 5.74) is 9.82. The summed E-state index contributed by atoms with van der Waals surface area (Å²) < 4.78 is 0. The van der Waals surface area contributed by atoms with Crippen molar-refractivity contribution in [3.05, 3.63) is 70.8 Å². The second-order valence-electron chi connectivity index (χ2n) is 9.21. The van der Waals surface area contributed by atoms with Crippen LogP contribution < -0.4 is 4.90 Å². The van der Waals surface area contributed by atoms with Gasteiger partial charge in [0.05, 0.1) is 5.70 Å². The molecule has 0 bridgehead atoms. The predicted molar refractivity (Wildman–Crippen MR) is 124 cm³/mol. The first-order valence-electron chi connectivity index (χ1n) is 11.4. The minimum atomic E-state index is 0.134. The van der Waals surface area contributed by atoms with Crippen LogP contribution in [0.2, 0.25) is 0 Å². The Balaban J connectivity index is 1.69. The number of benzene rings is 2. The van der Waals surface area contributed by atoms with Gasteiger partial charge in [0, 0.05) is 22.9 Å². The Morgan fingerprint density at radius 1 is 0.897 bits per heavy atom. The van der Waals surface area contributed by atoms with Gasteiger partial charge < -0.3 is 4.90 Å². The highest BCUT2D eigenvalue weighted by molar-refractivity contribution is 6.12. The van der Waals surface area contributed by atoms with Gasteiger partial charge in [0.2, 0.25) is 0 Å². The van der Waals surface area contributed by atoms with Gasteiger partial charge in [0.15, 0.2) is 0 Å². The molecule has 2 aromatic rings. The molecule has 0 spiro atoms. The summed E-state index contributed by atoms with van der Waals surface area (Å²) in [6.45, 7) is 6.81. The number of fused-ring (bicyclic) bond motifs is 2. The van der Waals surface area contributed by atoms with Gasteiger partial charge in [0.1, 0.15) is 6.17 Å². The van der Waals surface area contributed by atoms with Crippen LogP contribution in [-0.4, -0.2) is 11.9 Å². The van der Waals surface area contributed by atoms with Gasteiger partial charge in [-0.05, 0) is 62.3 Å². The van der Waals surface area contributed by atoms with E-state index in [1.54, 1.807) is 0 Å². The van der Waals surface area contributed by atoms with Crippen LogP contribution in [0.25, 0.3) is 5.70 Å². The first kappa shape index (κ1) is 18.7. The van der Waals surface area contributed by atoms with Crippen LogP contribution in [0, 0.1) is 12.8 Å². The van der Waals surface area contributed by atoms with Gasteiger partial charge in [-0.3, -0.25) is 4.99 Å². The maximum atomic E-state index is 5.36. The third-order valence-electron chi connectivity index (χ3n) is 7.10. The predicted octanol–water partition coefficient (Wildman–Crippen LogP) is 7.10. The molecule has 0 saturated heterocycles. The van der Waals surface area contributed by atoms with E-state index in [4.69, 9.17) is 4.99 Å². The summed E-state index contributed by atoms with van der Waals surface area (Å²) in [6, 6.07) is 18.0. The molecule has 2 atom stereocenters. The lowest BCUT2D eigenvalue weighted by molar-refractivity contribution is 0.435. The highest BCUT2D eigenvalue weighted by Gasteiger charge is 2.37. The zero-order valence-electron chi connectivity index (χ0n) is 18.0. The molecule has 1 saturated carbocycles. The standard InChI is InChI=1S/C27H32N2/c1-18-13-15-22(16-14-18)29-20(3)28-26(21-9-5-4-6-10-21)25-17-19(2)23-11-7-8-12-24(23)27(25)29/h7-8,11-16,19-21H,4-6,9-10,17H2,1-3H3. The molecule has 1 aliphatic heterocycles. The Labute approximate surface area is 175 Å². The number of nitrogens with zero attached hydrogens (tertiary/aromatic N) is 2. The smallest absolute Gasteiger partial charge is 0.123 e. The molecule has 150 valence electrons. The summed E-state index contributed by atoms with van der Waals surface area (Å²) in [7, 11) is 0. The van der Waals surface area contributed by atoms with Crippen molar-refractivity contribution in [3.63, 3.8) is 0 Å². The van der Waals surface area contributed by atoms with E-state index in [1.807, 2.05) is 0 Å². The number of aliphatic imine (C=N–C) groups is 1. The Morgan fingerprint density at radius 2 is 1.62 bits per heavy atom. The molecular formula is C27H32N2.